The number of hydrogen-bond donors (Lipinski definition) is 2. The molecule has 2 fully saturated rings. The summed E-state index contributed by atoms with van der Waals surface area (Å²) in [6.07, 6.45) is 5.45. The maximum Gasteiger partial charge on any atom is 0.317 e. The van der Waals surface area contributed by atoms with Gasteiger partial charge in [-0.25, -0.2) is 4.79 Å². The lowest BCUT2D eigenvalue weighted by Crippen LogP contribution is -2.50. The van der Waals surface area contributed by atoms with Crippen LogP contribution in [0.1, 0.15) is 38.5 Å². The van der Waals surface area contributed by atoms with Gasteiger partial charge in [0, 0.05) is 26.2 Å². The van der Waals surface area contributed by atoms with E-state index in [1.54, 1.807) is 11.9 Å². The molecule has 2 amide bonds. The van der Waals surface area contributed by atoms with E-state index in [0.717, 1.165) is 38.7 Å². The quantitative estimate of drug-likeness (QED) is 0.819. The lowest BCUT2D eigenvalue weighted by Gasteiger charge is -2.31. The molecule has 3 unspecified atom stereocenters. The SMILES string of the molecule is CN(CC1CCCO1)C(=O)NC1CCCCC1C(=O)O. The van der Waals surface area contributed by atoms with Crippen molar-refractivity contribution in [3.05, 3.63) is 0 Å². The fourth-order valence-electron chi connectivity index (χ4n) is 3.04. The van der Waals surface area contributed by atoms with Gasteiger partial charge in [0.15, 0.2) is 0 Å². The molecule has 0 aromatic heterocycles. The number of likely N-dealkylation sites (N-methyl/N-ethyl adjacent to an activating group) is 1. The molecule has 20 heavy (non-hydrogen) atoms. The summed E-state index contributed by atoms with van der Waals surface area (Å²) in [5, 5.41) is 12.1. The molecular formula is C14H24N2O4. The van der Waals surface area contributed by atoms with Gasteiger partial charge < -0.3 is 20.1 Å². The van der Waals surface area contributed by atoms with Gasteiger partial charge in [0.25, 0.3) is 0 Å². The van der Waals surface area contributed by atoms with Crippen LogP contribution in [0.5, 0.6) is 0 Å². The Kier molecular flexibility index (Phi) is 5.23. The normalized spacial score (nSPS) is 29.9. The highest BCUT2D eigenvalue weighted by molar-refractivity contribution is 5.76. The molecule has 6 heteroatoms. The number of nitrogens with one attached hydrogen (secondary N) is 1. The zero-order valence-corrected chi connectivity index (χ0v) is 12.0. The summed E-state index contributed by atoms with van der Waals surface area (Å²) >= 11 is 0. The number of ether oxygens (including phenoxy) is 1. The monoisotopic (exact) mass is 284 g/mol. The van der Waals surface area contributed by atoms with Gasteiger partial charge in [-0.1, -0.05) is 12.8 Å². The number of aliphatic carboxylic acids is 1. The van der Waals surface area contributed by atoms with Crippen LogP contribution in [0.2, 0.25) is 0 Å². The van der Waals surface area contributed by atoms with Gasteiger partial charge in [-0.05, 0) is 25.7 Å². The van der Waals surface area contributed by atoms with E-state index in [0.29, 0.717) is 13.0 Å². The average molecular weight is 284 g/mol. The summed E-state index contributed by atoms with van der Waals surface area (Å²) in [5.41, 5.74) is 0. The third-order valence-corrected chi connectivity index (χ3v) is 4.24. The highest BCUT2D eigenvalue weighted by Gasteiger charge is 2.32. The number of carbonyl (C=O) groups excluding carboxylic acids is 1. The van der Waals surface area contributed by atoms with E-state index in [2.05, 4.69) is 5.32 Å². The Morgan fingerprint density at radius 3 is 2.65 bits per heavy atom. The smallest absolute Gasteiger partial charge is 0.317 e. The van der Waals surface area contributed by atoms with Crippen LogP contribution in [0.3, 0.4) is 0 Å². The molecule has 0 aromatic carbocycles. The lowest BCUT2D eigenvalue weighted by atomic mass is 9.84. The molecule has 0 radical (unpaired) electrons. The number of nitrogens with zero attached hydrogens (tertiary/aromatic N) is 1. The fourth-order valence-corrected chi connectivity index (χ4v) is 3.04. The maximum atomic E-state index is 12.1. The van der Waals surface area contributed by atoms with E-state index < -0.39 is 11.9 Å². The van der Waals surface area contributed by atoms with Crippen molar-refractivity contribution in [1.29, 1.82) is 0 Å². The summed E-state index contributed by atoms with van der Waals surface area (Å²) in [6.45, 7) is 1.33. The van der Waals surface area contributed by atoms with Gasteiger partial charge in [0.1, 0.15) is 0 Å². The predicted octanol–water partition coefficient (Wildman–Crippen LogP) is 1.45. The van der Waals surface area contributed by atoms with Gasteiger partial charge in [0.2, 0.25) is 0 Å². The molecule has 6 nitrogen and oxygen atoms in total. The zero-order chi connectivity index (χ0) is 14.5. The highest BCUT2D eigenvalue weighted by atomic mass is 16.5. The largest absolute Gasteiger partial charge is 0.481 e. The molecule has 1 saturated heterocycles. The van der Waals surface area contributed by atoms with Crippen molar-refractivity contribution in [3.63, 3.8) is 0 Å². The number of amides is 2. The Morgan fingerprint density at radius 1 is 1.25 bits per heavy atom. The molecule has 3 atom stereocenters. The zero-order valence-electron chi connectivity index (χ0n) is 12.0. The lowest BCUT2D eigenvalue weighted by molar-refractivity contribution is -0.143. The Hall–Kier alpha value is -1.30. The summed E-state index contributed by atoms with van der Waals surface area (Å²) in [6, 6.07) is -0.445. The number of carbonyl (C=O) groups is 2. The van der Waals surface area contributed by atoms with Gasteiger partial charge in [-0.15, -0.1) is 0 Å². The molecule has 1 heterocycles. The van der Waals surface area contributed by atoms with Crippen molar-refractivity contribution in [2.45, 2.75) is 50.7 Å². The topological polar surface area (TPSA) is 78.9 Å². The Bertz CT molecular complexity index is 355. The average Bonchev–Trinajstić information content (AvgIpc) is 2.91. The van der Waals surface area contributed by atoms with E-state index in [9.17, 15) is 14.7 Å². The minimum absolute atomic E-state index is 0.118. The summed E-state index contributed by atoms with van der Waals surface area (Å²) < 4.78 is 5.51. The van der Waals surface area contributed by atoms with Gasteiger partial charge in [0.05, 0.1) is 12.0 Å². The molecule has 0 spiro atoms. The van der Waals surface area contributed by atoms with Crippen molar-refractivity contribution in [2.75, 3.05) is 20.2 Å². The second-order valence-electron chi connectivity index (χ2n) is 5.80. The summed E-state index contributed by atoms with van der Waals surface area (Å²) in [5.74, 6) is -1.26. The van der Waals surface area contributed by atoms with Crippen molar-refractivity contribution in [3.8, 4) is 0 Å². The van der Waals surface area contributed by atoms with Crippen LogP contribution in [0.4, 0.5) is 4.79 Å². The number of rotatable bonds is 4. The third-order valence-electron chi connectivity index (χ3n) is 4.24. The van der Waals surface area contributed by atoms with Crippen LogP contribution in [0, 0.1) is 5.92 Å². The van der Waals surface area contributed by atoms with Crippen LogP contribution in [0.25, 0.3) is 0 Å². The van der Waals surface area contributed by atoms with E-state index in [1.807, 2.05) is 0 Å². The minimum atomic E-state index is -0.809. The standard InChI is InChI=1S/C14H24N2O4/c1-16(9-10-5-4-8-20-10)14(19)15-12-7-3-2-6-11(12)13(17)18/h10-12H,2-9H2,1H3,(H,15,19)(H,17,18). The highest BCUT2D eigenvalue weighted by Crippen LogP contribution is 2.24. The van der Waals surface area contributed by atoms with Crippen molar-refractivity contribution >= 4 is 12.0 Å². The first-order chi connectivity index (χ1) is 9.58. The molecule has 2 aliphatic rings. The van der Waals surface area contributed by atoms with Gasteiger partial charge >= 0.3 is 12.0 Å². The second kappa shape index (κ2) is 6.92. The van der Waals surface area contributed by atoms with Crippen LogP contribution in [0.15, 0.2) is 0 Å². The van der Waals surface area contributed by atoms with Crippen LogP contribution in [-0.2, 0) is 9.53 Å². The summed E-state index contributed by atoms with van der Waals surface area (Å²) in [7, 11) is 1.73. The molecule has 114 valence electrons. The number of carboxylic acids is 1. The van der Waals surface area contributed by atoms with Gasteiger partial charge in [-0.2, -0.15) is 0 Å². The molecule has 1 aliphatic carbocycles. The van der Waals surface area contributed by atoms with Crippen LogP contribution < -0.4 is 5.32 Å². The molecule has 2 N–H and O–H groups in total. The van der Waals surface area contributed by atoms with E-state index in [-0.39, 0.29) is 18.2 Å². The Labute approximate surface area is 119 Å². The second-order valence-corrected chi connectivity index (χ2v) is 5.80. The minimum Gasteiger partial charge on any atom is -0.481 e. The van der Waals surface area contributed by atoms with Crippen molar-refractivity contribution in [2.24, 2.45) is 5.92 Å². The van der Waals surface area contributed by atoms with E-state index >= 15 is 0 Å². The molecular weight excluding hydrogens is 260 g/mol. The Balaban J connectivity index is 1.83. The predicted molar refractivity (Wildman–Crippen MR) is 73.5 cm³/mol. The van der Waals surface area contributed by atoms with Crippen LogP contribution >= 0.6 is 0 Å². The molecule has 1 saturated carbocycles. The maximum absolute atomic E-state index is 12.1. The first-order valence-electron chi connectivity index (χ1n) is 7.44. The third kappa shape index (κ3) is 3.85. The van der Waals surface area contributed by atoms with E-state index in [4.69, 9.17) is 4.74 Å². The van der Waals surface area contributed by atoms with Gasteiger partial charge in [-0.3, -0.25) is 4.79 Å². The van der Waals surface area contributed by atoms with Crippen LogP contribution in [-0.4, -0.2) is 54.4 Å². The van der Waals surface area contributed by atoms with Crippen molar-refractivity contribution < 1.29 is 19.4 Å². The fraction of sp³-hybridized carbons (Fsp3) is 0.857. The Morgan fingerprint density at radius 2 is 2.00 bits per heavy atom. The van der Waals surface area contributed by atoms with E-state index in [1.165, 1.54) is 0 Å². The molecule has 2 rings (SSSR count). The molecule has 0 aromatic rings. The number of urea groups is 1. The first kappa shape index (κ1) is 15.1. The van der Waals surface area contributed by atoms with Crippen molar-refractivity contribution in [1.82, 2.24) is 10.2 Å². The number of hydrogen-bond acceptors (Lipinski definition) is 3. The first-order valence-corrected chi connectivity index (χ1v) is 7.44. The summed E-state index contributed by atoms with van der Waals surface area (Å²) in [4.78, 5) is 24.9. The number of carboxylic acid groups (broad SMARTS) is 1. The molecule has 0 bridgehead atoms. The molecule has 1 aliphatic heterocycles.